The van der Waals surface area contributed by atoms with Gasteiger partial charge in [-0.3, -0.25) is 9.48 Å². The van der Waals surface area contributed by atoms with E-state index < -0.39 is 0 Å². The first-order chi connectivity index (χ1) is 10.5. The Morgan fingerprint density at radius 3 is 2.86 bits per heavy atom. The third-order valence-corrected chi connectivity index (χ3v) is 3.36. The lowest BCUT2D eigenvalue weighted by atomic mass is 10.1. The normalized spacial score (nSPS) is 12.0. The molecule has 7 heteroatoms. The largest absolute Gasteiger partial charge is 0.363 e. The molecule has 0 spiro atoms. The SMILES string of the molecule is C[C@@H](CNC(=O)c1cc(Cl)nc(N(C)C)c1)Cn1cccn1. The fraction of sp³-hybridized carbons (Fsp3) is 0.400. The first kappa shape index (κ1) is 16.3. The molecule has 0 saturated heterocycles. The number of aromatic nitrogens is 3. The molecule has 2 rings (SSSR count). The second-order valence-corrected chi connectivity index (χ2v) is 5.86. The fourth-order valence-electron chi connectivity index (χ4n) is 2.00. The highest BCUT2D eigenvalue weighted by molar-refractivity contribution is 6.29. The van der Waals surface area contributed by atoms with Crippen LogP contribution in [0.1, 0.15) is 17.3 Å². The Balaban J connectivity index is 1.94. The molecule has 0 saturated carbocycles. The molecule has 22 heavy (non-hydrogen) atoms. The summed E-state index contributed by atoms with van der Waals surface area (Å²) in [5, 5.41) is 7.38. The van der Waals surface area contributed by atoms with Crippen molar-refractivity contribution in [2.24, 2.45) is 5.92 Å². The number of amides is 1. The minimum Gasteiger partial charge on any atom is -0.363 e. The van der Waals surface area contributed by atoms with Gasteiger partial charge >= 0.3 is 0 Å². The molecule has 0 unspecified atom stereocenters. The lowest BCUT2D eigenvalue weighted by molar-refractivity contribution is 0.0946. The van der Waals surface area contributed by atoms with E-state index >= 15 is 0 Å². The van der Waals surface area contributed by atoms with Crippen molar-refractivity contribution in [2.75, 3.05) is 25.5 Å². The Morgan fingerprint density at radius 1 is 1.45 bits per heavy atom. The molecular formula is C15H20ClN5O. The van der Waals surface area contributed by atoms with E-state index in [9.17, 15) is 4.79 Å². The Bertz CT molecular complexity index is 627. The molecule has 1 N–H and O–H groups in total. The minimum atomic E-state index is -0.153. The third-order valence-electron chi connectivity index (χ3n) is 3.17. The topological polar surface area (TPSA) is 63.1 Å². The maximum atomic E-state index is 12.2. The minimum absolute atomic E-state index is 0.153. The van der Waals surface area contributed by atoms with Gasteiger partial charge in [-0.1, -0.05) is 18.5 Å². The summed E-state index contributed by atoms with van der Waals surface area (Å²) in [7, 11) is 3.71. The molecule has 0 fully saturated rings. The molecule has 0 aromatic carbocycles. The molecule has 2 aromatic rings. The Morgan fingerprint density at radius 2 is 2.23 bits per heavy atom. The van der Waals surface area contributed by atoms with Crippen LogP contribution in [-0.2, 0) is 6.54 Å². The zero-order valence-electron chi connectivity index (χ0n) is 13.0. The smallest absolute Gasteiger partial charge is 0.251 e. The quantitative estimate of drug-likeness (QED) is 0.827. The average molecular weight is 322 g/mol. The first-order valence-electron chi connectivity index (χ1n) is 7.06. The van der Waals surface area contributed by atoms with Gasteiger partial charge in [0.05, 0.1) is 0 Å². The molecule has 0 radical (unpaired) electrons. The van der Waals surface area contributed by atoms with Gasteiger partial charge in [-0.25, -0.2) is 4.98 Å². The molecule has 6 nitrogen and oxygen atoms in total. The summed E-state index contributed by atoms with van der Waals surface area (Å²) in [6, 6.07) is 5.18. The lowest BCUT2D eigenvalue weighted by Crippen LogP contribution is -2.30. The second-order valence-electron chi connectivity index (χ2n) is 5.47. The predicted molar refractivity (Wildman–Crippen MR) is 87.3 cm³/mol. The van der Waals surface area contributed by atoms with Crippen molar-refractivity contribution in [3.8, 4) is 0 Å². The summed E-state index contributed by atoms with van der Waals surface area (Å²) in [4.78, 5) is 18.2. The monoisotopic (exact) mass is 321 g/mol. The number of carbonyl (C=O) groups is 1. The summed E-state index contributed by atoms with van der Waals surface area (Å²) < 4.78 is 1.85. The van der Waals surface area contributed by atoms with Crippen LogP contribution in [0.3, 0.4) is 0 Å². The Hall–Kier alpha value is -2.08. The molecular weight excluding hydrogens is 302 g/mol. The highest BCUT2D eigenvalue weighted by Crippen LogP contribution is 2.16. The van der Waals surface area contributed by atoms with Gasteiger partial charge in [-0.15, -0.1) is 0 Å². The number of hydrogen-bond donors (Lipinski definition) is 1. The number of anilines is 1. The van der Waals surface area contributed by atoms with Crippen molar-refractivity contribution < 1.29 is 4.79 Å². The van der Waals surface area contributed by atoms with Crippen molar-refractivity contribution in [3.63, 3.8) is 0 Å². The van der Waals surface area contributed by atoms with Crippen LogP contribution in [0.5, 0.6) is 0 Å². The summed E-state index contributed by atoms with van der Waals surface area (Å²) in [5.41, 5.74) is 0.509. The van der Waals surface area contributed by atoms with Crippen molar-refractivity contribution in [1.82, 2.24) is 20.1 Å². The zero-order chi connectivity index (χ0) is 16.1. The number of nitrogens with one attached hydrogen (secondary N) is 1. The van der Waals surface area contributed by atoms with Crippen molar-refractivity contribution in [1.29, 1.82) is 0 Å². The van der Waals surface area contributed by atoms with Gasteiger partial charge in [0.1, 0.15) is 11.0 Å². The van der Waals surface area contributed by atoms with Crippen molar-refractivity contribution in [2.45, 2.75) is 13.5 Å². The van der Waals surface area contributed by atoms with Crippen molar-refractivity contribution in [3.05, 3.63) is 41.3 Å². The number of hydrogen-bond acceptors (Lipinski definition) is 4. The van der Waals surface area contributed by atoms with Gasteiger partial charge in [0.2, 0.25) is 0 Å². The van der Waals surface area contributed by atoms with Crippen LogP contribution in [0.4, 0.5) is 5.82 Å². The molecule has 118 valence electrons. The molecule has 0 aliphatic carbocycles. The van der Waals surface area contributed by atoms with Crippen LogP contribution in [0, 0.1) is 5.92 Å². The van der Waals surface area contributed by atoms with Crippen LogP contribution < -0.4 is 10.2 Å². The highest BCUT2D eigenvalue weighted by Gasteiger charge is 2.12. The lowest BCUT2D eigenvalue weighted by Gasteiger charge is -2.15. The van der Waals surface area contributed by atoms with Crippen LogP contribution in [0.2, 0.25) is 5.15 Å². The van der Waals surface area contributed by atoms with E-state index in [-0.39, 0.29) is 11.8 Å². The van der Waals surface area contributed by atoms with E-state index in [2.05, 4.69) is 22.3 Å². The standard InChI is InChI=1S/C15H20ClN5O/c1-11(10-21-6-4-5-18-21)9-17-15(22)12-7-13(16)19-14(8-12)20(2)3/h4-8,11H,9-10H2,1-3H3,(H,17,22)/t11-/m0/s1. The van der Waals surface area contributed by atoms with Crippen LogP contribution in [0.25, 0.3) is 0 Å². The maximum absolute atomic E-state index is 12.2. The summed E-state index contributed by atoms with van der Waals surface area (Å²) in [5.74, 6) is 0.774. The number of pyridine rings is 1. The average Bonchev–Trinajstić information content (AvgIpc) is 2.96. The van der Waals surface area contributed by atoms with Gasteiger partial charge < -0.3 is 10.2 Å². The van der Waals surface area contributed by atoms with E-state index in [0.717, 1.165) is 6.54 Å². The fourth-order valence-corrected chi connectivity index (χ4v) is 2.21. The Kier molecular flexibility index (Phi) is 5.38. The number of halogens is 1. The molecule has 0 aliphatic rings. The molecule has 0 aliphatic heterocycles. The van der Waals surface area contributed by atoms with Gasteiger partial charge in [0.25, 0.3) is 5.91 Å². The maximum Gasteiger partial charge on any atom is 0.251 e. The van der Waals surface area contributed by atoms with Gasteiger partial charge in [0.15, 0.2) is 0 Å². The molecule has 2 heterocycles. The number of nitrogens with zero attached hydrogens (tertiary/aromatic N) is 4. The van der Waals surface area contributed by atoms with Crippen LogP contribution >= 0.6 is 11.6 Å². The van der Waals surface area contributed by atoms with Gasteiger partial charge in [-0.2, -0.15) is 5.10 Å². The number of rotatable bonds is 6. The van der Waals surface area contributed by atoms with Crippen LogP contribution in [-0.4, -0.2) is 41.3 Å². The second kappa shape index (κ2) is 7.26. The molecule has 1 atom stereocenters. The van der Waals surface area contributed by atoms with Gasteiger partial charge in [0, 0.05) is 45.1 Å². The van der Waals surface area contributed by atoms with Gasteiger partial charge in [-0.05, 0) is 24.1 Å². The molecule has 1 amide bonds. The summed E-state index contributed by atoms with van der Waals surface area (Å²) >= 11 is 5.97. The molecule has 0 bridgehead atoms. The third kappa shape index (κ3) is 4.46. The van der Waals surface area contributed by atoms with Crippen LogP contribution in [0.15, 0.2) is 30.6 Å². The molecule has 2 aromatic heterocycles. The van der Waals surface area contributed by atoms with E-state index in [1.54, 1.807) is 18.3 Å². The van der Waals surface area contributed by atoms with E-state index in [4.69, 9.17) is 11.6 Å². The predicted octanol–water partition coefficient (Wildman–Crippen LogP) is 2.06. The number of carbonyl (C=O) groups excluding carboxylic acids is 1. The van der Waals surface area contributed by atoms with Crippen molar-refractivity contribution >= 4 is 23.3 Å². The summed E-state index contributed by atoms with van der Waals surface area (Å²) in [6.45, 7) is 3.38. The van der Waals surface area contributed by atoms with E-state index in [0.29, 0.717) is 23.1 Å². The zero-order valence-corrected chi connectivity index (χ0v) is 13.7. The Labute approximate surface area is 135 Å². The van der Waals surface area contributed by atoms with E-state index in [1.165, 1.54) is 0 Å². The summed E-state index contributed by atoms with van der Waals surface area (Å²) in [6.07, 6.45) is 3.65. The van der Waals surface area contributed by atoms with E-state index in [1.807, 2.05) is 35.9 Å². The first-order valence-corrected chi connectivity index (χ1v) is 7.44. The highest BCUT2D eigenvalue weighted by atomic mass is 35.5.